The number of piperazine rings is 1. The number of nitrogens with zero attached hydrogens (tertiary/aromatic N) is 2. The number of amides is 1. The molecule has 0 aliphatic carbocycles. The fourth-order valence-electron chi connectivity index (χ4n) is 3.21. The number of benzene rings is 1. The fraction of sp³-hybridized carbons (Fsp3) is 0.632. The molecule has 0 spiro atoms. The van der Waals surface area contributed by atoms with Gasteiger partial charge in [-0.05, 0) is 30.2 Å². The highest BCUT2D eigenvalue weighted by Crippen LogP contribution is 2.36. The normalized spacial score (nSPS) is 16.5. The maximum Gasteiger partial charge on any atom is 0.416 e. The third-order valence-corrected chi connectivity index (χ3v) is 4.77. The lowest BCUT2D eigenvalue weighted by Gasteiger charge is -2.35. The molecular weight excluding hydrogens is 386 g/mol. The van der Waals surface area contributed by atoms with E-state index in [-0.39, 0.29) is 24.1 Å². The Labute approximate surface area is 160 Å². The highest BCUT2D eigenvalue weighted by atomic mass is 19.4. The predicted octanol–water partition coefficient (Wildman–Crippen LogP) is 4.95. The molecule has 0 atom stereocenters. The molecule has 0 radical (unpaired) electrons. The Balaban J connectivity index is 2.01. The number of unbranched alkanes of at least 4 members (excludes halogenated alkanes) is 2. The van der Waals surface area contributed by atoms with Crippen LogP contribution in [0.5, 0.6) is 0 Å². The van der Waals surface area contributed by atoms with E-state index in [0.29, 0.717) is 32.6 Å². The van der Waals surface area contributed by atoms with Crippen molar-refractivity contribution in [1.82, 2.24) is 9.80 Å². The smallest absolute Gasteiger partial charge is 0.340 e. The van der Waals surface area contributed by atoms with Crippen LogP contribution in [-0.2, 0) is 23.7 Å². The molecule has 1 aliphatic rings. The molecule has 1 saturated heterocycles. The number of carbonyl (C=O) groups is 1. The summed E-state index contributed by atoms with van der Waals surface area (Å²) in [5.74, 6) is 0.0477. The van der Waals surface area contributed by atoms with E-state index in [4.69, 9.17) is 0 Å². The van der Waals surface area contributed by atoms with Crippen molar-refractivity contribution in [3.05, 3.63) is 34.9 Å². The van der Waals surface area contributed by atoms with E-state index in [1.54, 1.807) is 9.80 Å². The van der Waals surface area contributed by atoms with E-state index in [1.165, 1.54) is 0 Å². The molecule has 0 unspecified atom stereocenters. The van der Waals surface area contributed by atoms with Gasteiger partial charge in [0.2, 0.25) is 5.91 Å². The molecule has 0 N–H and O–H groups in total. The molecule has 1 aromatic carbocycles. The monoisotopic (exact) mass is 410 g/mol. The summed E-state index contributed by atoms with van der Waals surface area (Å²) in [4.78, 5) is 15.6. The minimum Gasteiger partial charge on any atom is -0.340 e. The maximum atomic E-state index is 13.0. The van der Waals surface area contributed by atoms with Gasteiger partial charge < -0.3 is 4.90 Å². The number of carbonyl (C=O) groups excluding carboxylic acids is 1. The van der Waals surface area contributed by atoms with Crippen molar-refractivity contribution in [3.63, 3.8) is 0 Å². The highest BCUT2D eigenvalue weighted by Gasteiger charge is 2.37. The van der Waals surface area contributed by atoms with Gasteiger partial charge in [-0.3, -0.25) is 9.69 Å². The van der Waals surface area contributed by atoms with Crippen LogP contribution < -0.4 is 0 Å². The lowest BCUT2D eigenvalue weighted by molar-refractivity contribution is -0.143. The molecule has 3 nitrogen and oxygen atoms in total. The Bertz CT molecular complexity index is 631. The average Bonchev–Trinajstić information content (AvgIpc) is 2.61. The Hall–Kier alpha value is -1.77. The van der Waals surface area contributed by atoms with Crippen molar-refractivity contribution < 1.29 is 31.1 Å². The minimum atomic E-state index is -4.85. The molecule has 1 amide bonds. The van der Waals surface area contributed by atoms with Gasteiger partial charge >= 0.3 is 12.4 Å². The van der Waals surface area contributed by atoms with E-state index in [9.17, 15) is 31.1 Å². The van der Waals surface area contributed by atoms with Crippen molar-refractivity contribution in [1.29, 1.82) is 0 Å². The molecule has 1 aromatic rings. The molecule has 0 bridgehead atoms. The summed E-state index contributed by atoms with van der Waals surface area (Å²) < 4.78 is 77.7. The number of alkyl halides is 6. The van der Waals surface area contributed by atoms with Crippen LogP contribution in [0.15, 0.2) is 18.2 Å². The zero-order valence-corrected chi connectivity index (χ0v) is 15.7. The fourth-order valence-corrected chi connectivity index (χ4v) is 3.21. The van der Waals surface area contributed by atoms with Gasteiger partial charge in [-0.2, -0.15) is 26.3 Å². The largest absolute Gasteiger partial charge is 0.416 e. The molecule has 2 rings (SSSR count). The lowest BCUT2D eigenvalue weighted by atomic mass is 10.0. The standard InChI is InChI=1S/C19H24F6N2O/c1-2-3-4-5-17(28)27-8-6-26(7-9-27)13-14-10-15(18(20,21)22)12-16(11-14)19(23,24)25/h10-12H,2-9,13H2,1H3. The summed E-state index contributed by atoms with van der Waals surface area (Å²) in [7, 11) is 0. The van der Waals surface area contributed by atoms with Crippen LogP contribution in [0.25, 0.3) is 0 Å². The number of hydrogen-bond donors (Lipinski definition) is 0. The third kappa shape index (κ3) is 6.39. The zero-order chi connectivity index (χ0) is 20.9. The van der Waals surface area contributed by atoms with Gasteiger partial charge in [0.25, 0.3) is 0 Å². The van der Waals surface area contributed by atoms with Crippen LogP contribution in [0.2, 0.25) is 0 Å². The van der Waals surface area contributed by atoms with E-state index in [1.807, 2.05) is 6.92 Å². The molecule has 9 heteroatoms. The summed E-state index contributed by atoms with van der Waals surface area (Å²) in [6, 6.07) is 1.66. The lowest BCUT2D eigenvalue weighted by Crippen LogP contribution is -2.48. The second kappa shape index (κ2) is 9.15. The summed E-state index contributed by atoms with van der Waals surface area (Å²) in [5.41, 5.74) is -2.64. The summed E-state index contributed by atoms with van der Waals surface area (Å²) >= 11 is 0. The maximum absolute atomic E-state index is 13.0. The van der Waals surface area contributed by atoms with Gasteiger partial charge in [0.1, 0.15) is 0 Å². The minimum absolute atomic E-state index is 0.0230. The van der Waals surface area contributed by atoms with Gasteiger partial charge in [0.05, 0.1) is 11.1 Å². The van der Waals surface area contributed by atoms with Crippen molar-refractivity contribution >= 4 is 5.91 Å². The van der Waals surface area contributed by atoms with Gasteiger partial charge in [-0.1, -0.05) is 19.8 Å². The van der Waals surface area contributed by atoms with Crippen LogP contribution in [0.1, 0.15) is 49.3 Å². The van der Waals surface area contributed by atoms with Crippen molar-refractivity contribution in [2.75, 3.05) is 26.2 Å². The number of halogens is 6. The predicted molar refractivity (Wildman–Crippen MR) is 92.4 cm³/mol. The molecule has 0 aromatic heterocycles. The molecular formula is C19H24F6N2O. The first-order chi connectivity index (χ1) is 13.0. The molecule has 158 valence electrons. The topological polar surface area (TPSA) is 23.6 Å². The average molecular weight is 410 g/mol. The summed E-state index contributed by atoms with van der Waals surface area (Å²) in [5, 5.41) is 0. The molecule has 1 aliphatic heterocycles. The van der Waals surface area contributed by atoms with Gasteiger partial charge in [-0.25, -0.2) is 0 Å². The number of hydrogen-bond acceptors (Lipinski definition) is 2. The van der Waals surface area contributed by atoms with Crippen molar-refractivity contribution in [2.45, 2.75) is 51.5 Å². The molecule has 1 fully saturated rings. The SMILES string of the molecule is CCCCCC(=O)N1CCN(Cc2cc(C(F)(F)F)cc(C(F)(F)F)c2)CC1. The van der Waals surface area contributed by atoms with E-state index in [0.717, 1.165) is 31.4 Å². The quantitative estimate of drug-likeness (QED) is 0.490. The Morgan fingerprint density at radius 3 is 1.89 bits per heavy atom. The van der Waals surface area contributed by atoms with Gasteiger partial charge in [-0.15, -0.1) is 0 Å². The van der Waals surface area contributed by atoms with Crippen molar-refractivity contribution in [2.24, 2.45) is 0 Å². The Morgan fingerprint density at radius 1 is 0.893 bits per heavy atom. The number of rotatable bonds is 6. The third-order valence-electron chi connectivity index (χ3n) is 4.77. The summed E-state index contributed by atoms with van der Waals surface area (Å²) in [6.45, 7) is 3.70. The first-order valence-corrected chi connectivity index (χ1v) is 9.29. The second-order valence-corrected chi connectivity index (χ2v) is 7.03. The van der Waals surface area contributed by atoms with Crippen LogP contribution in [0.4, 0.5) is 26.3 Å². The van der Waals surface area contributed by atoms with Gasteiger partial charge in [0.15, 0.2) is 0 Å². The molecule has 0 saturated carbocycles. The van der Waals surface area contributed by atoms with Crippen LogP contribution in [0, 0.1) is 0 Å². The highest BCUT2D eigenvalue weighted by molar-refractivity contribution is 5.76. The molecule has 1 heterocycles. The van der Waals surface area contributed by atoms with Crippen molar-refractivity contribution in [3.8, 4) is 0 Å². The van der Waals surface area contributed by atoms with Crippen LogP contribution >= 0.6 is 0 Å². The Kier molecular flexibility index (Phi) is 7.36. The van der Waals surface area contributed by atoms with Crippen LogP contribution in [-0.4, -0.2) is 41.9 Å². The summed E-state index contributed by atoms with van der Waals surface area (Å²) in [6.07, 6.45) is -6.42. The van der Waals surface area contributed by atoms with Gasteiger partial charge in [0, 0.05) is 39.1 Å². The Morgan fingerprint density at radius 2 is 1.43 bits per heavy atom. The van der Waals surface area contributed by atoms with E-state index in [2.05, 4.69) is 0 Å². The van der Waals surface area contributed by atoms with E-state index >= 15 is 0 Å². The zero-order valence-electron chi connectivity index (χ0n) is 15.7. The molecule has 28 heavy (non-hydrogen) atoms. The first kappa shape index (κ1) is 22.5. The first-order valence-electron chi connectivity index (χ1n) is 9.29. The second-order valence-electron chi connectivity index (χ2n) is 7.03. The van der Waals surface area contributed by atoms with E-state index < -0.39 is 23.5 Å². The van der Waals surface area contributed by atoms with Crippen LogP contribution in [0.3, 0.4) is 0 Å².